The lowest BCUT2D eigenvalue weighted by Crippen LogP contribution is -2.09. The fourth-order valence-electron chi connectivity index (χ4n) is 2.02. The second-order valence-electron chi connectivity index (χ2n) is 4.71. The third-order valence-corrected chi connectivity index (χ3v) is 3.25. The van der Waals surface area contributed by atoms with Gasteiger partial charge in [0.25, 0.3) is 5.69 Å². The third-order valence-electron chi connectivity index (χ3n) is 3.25. The van der Waals surface area contributed by atoms with Crippen molar-refractivity contribution in [3.63, 3.8) is 0 Å². The van der Waals surface area contributed by atoms with Gasteiger partial charge in [0, 0.05) is 18.2 Å². The van der Waals surface area contributed by atoms with Crippen molar-refractivity contribution < 1.29 is 9.85 Å². The summed E-state index contributed by atoms with van der Waals surface area (Å²) in [7, 11) is 0. The van der Waals surface area contributed by atoms with Crippen molar-refractivity contribution in [2.75, 3.05) is 11.9 Å². The van der Waals surface area contributed by atoms with Gasteiger partial charge in [-0.05, 0) is 25.8 Å². The minimum atomic E-state index is -0.582. The number of nitrogens with one attached hydrogen (secondary N) is 1. The number of unbranched alkanes of at least 4 members (excludes halogenated alkanes) is 2. The summed E-state index contributed by atoms with van der Waals surface area (Å²) in [4.78, 5) is 21.2. The summed E-state index contributed by atoms with van der Waals surface area (Å²) in [6.07, 6.45) is 2.80. The van der Waals surface area contributed by atoms with Crippen LogP contribution in [0.1, 0.15) is 37.3 Å². The van der Waals surface area contributed by atoms with E-state index in [0.29, 0.717) is 17.7 Å². The van der Waals surface area contributed by atoms with Crippen molar-refractivity contribution in [2.45, 2.75) is 40.0 Å². The van der Waals surface area contributed by atoms with Gasteiger partial charge in [-0.25, -0.2) is 0 Å². The van der Waals surface area contributed by atoms with Crippen molar-refractivity contribution in [1.82, 2.24) is 0 Å². The molecule has 1 aromatic rings. The van der Waals surface area contributed by atoms with Crippen LogP contribution < -0.4 is 5.32 Å². The molecule has 1 N–H and O–H groups in total. The average Bonchev–Trinajstić information content (AvgIpc) is 2.37. The lowest BCUT2D eigenvalue weighted by Gasteiger charge is -2.11. The summed E-state index contributed by atoms with van der Waals surface area (Å²) in [6.45, 7) is 5.77. The second kappa shape index (κ2) is 6.83. The summed E-state index contributed by atoms with van der Waals surface area (Å²) in [6, 6.07) is 1.38. The van der Waals surface area contributed by atoms with E-state index in [9.17, 15) is 20.2 Å². The number of benzene rings is 1. The van der Waals surface area contributed by atoms with Gasteiger partial charge >= 0.3 is 5.69 Å². The molecule has 0 saturated heterocycles. The van der Waals surface area contributed by atoms with Gasteiger partial charge in [0.15, 0.2) is 5.69 Å². The monoisotopic (exact) mass is 281 g/mol. The molecule has 0 aromatic heterocycles. The summed E-state index contributed by atoms with van der Waals surface area (Å²) in [5.74, 6) is 0. The Bertz CT molecular complexity index is 529. The minimum Gasteiger partial charge on any atom is -0.374 e. The number of hydrogen-bond donors (Lipinski definition) is 1. The predicted octanol–water partition coefficient (Wildman–Crippen LogP) is 3.72. The number of nitrogens with zero attached hydrogens (tertiary/aromatic N) is 2. The van der Waals surface area contributed by atoms with E-state index in [4.69, 9.17) is 0 Å². The Morgan fingerprint density at radius 3 is 2.30 bits per heavy atom. The first-order chi connectivity index (χ1) is 9.40. The van der Waals surface area contributed by atoms with Gasteiger partial charge < -0.3 is 5.32 Å². The molecular weight excluding hydrogens is 262 g/mol. The van der Waals surface area contributed by atoms with Crippen LogP contribution in [-0.4, -0.2) is 16.4 Å². The maximum absolute atomic E-state index is 11.2. The molecule has 0 atom stereocenters. The molecule has 7 nitrogen and oxygen atoms in total. The molecule has 110 valence electrons. The molecule has 0 radical (unpaired) electrons. The summed E-state index contributed by atoms with van der Waals surface area (Å²) in [5, 5.41) is 25.2. The van der Waals surface area contributed by atoms with Crippen molar-refractivity contribution in [1.29, 1.82) is 0 Å². The molecular formula is C13H19N3O4. The molecule has 0 amide bonds. The first-order valence-electron chi connectivity index (χ1n) is 6.57. The molecule has 7 heteroatoms. The van der Waals surface area contributed by atoms with Gasteiger partial charge in [-0.3, -0.25) is 20.2 Å². The normalized spacial score (nSPS) is 10.3. The molecule has 0 unspecified atom stereocenters. The standard InChI is InChI=1S/C13H19N3O4/c1-4-5-6-7-14-12-11(15(17)18)8-9(2)10(3)13(12)16(19)20/h8,14H,4-7H2,1-3H3. The number of hydrogen-bond acceptors (Lipinski definition) is 5. The van der Waals surface area contributed by atoms with E-state index in [2.05, 4.69) is 5.32 Å². The lowest BCUT2D eigenvalue weighted by atomic mass is 10.0. The number of nitro groups is 2. The number of aryl methyl sites for hydroxylation is 1. The van der Waals surface area contributed by atoms with E-state index in [0.717, 1.165) is 19.3 Å². The molecule has 0 aliphatic carbocycles. The van der Waals surface area contributed by atoms with Crippen LogP contribution in [0.4, 0.5) is 17.1 Å². The zero-order chi connectivity index (χ0) is 15.3. The Kier molecular flexibility index (Phi) is 5.42. The second-order valence-corrected chi connectivity index (χ2v) is 4.71. The fourth-order valence-corrected chi connectivity index (χ4v) is 2.02. The Balaban J connectivity index is 3.25. The highest BCUT2D eigenvalue weighted by Crippen LogP contribution is 2.38. The first-order valence-corrected chi connectivity index (χ1v) is 6.57. The van der Waals surface area contributed by atoms with Crippen molar-refractivity contribution in [3.8, 4) is 0 Å². The van der Waals surface area contributed by atoms with Gasteiger partial charge in [0.1, 0.15) is 0 Å². The summed E-state index contributed by atoms with van der Waals surface area (Å²) in [5.41, 5.74) is 0.574. The molecule has 0 heterocycles. The maximum Gasteiger partial charge on any atom is 0.302 e. The van der Waals surface area contributed by atoms with Gasteiger partial charge in [-0.2, -0.15) is 0 Å². The molecule has 0 bridgehead atoms. The number of nitro benzene ring substituents is 2. The smallest absolute Gasteiger partial charge is 0.302 e. The van der Waals surface area contributed by atoms with Crippen molar-refractivity contribution >= 4 is 17.1 Å². The number of rotatable bonds is 7. The van der Waals surface area contributed by atoms with Gasteiger partial charge in [-0.15, -0.1) is 0 Å². The molecule has 0 saturated carbocycles. The van der Waals surface area contributed by atoms with E-state index in [1.165, 1.54) is 6.07 Å². The topological polar surface area (TPSA) is 98.3 Å². The van der Waals surface area contributed by atoms with Gasteiger partial charge in [0.05, 0.1) is 9.85 Å². The van der Waals surface area contributed by atoms with Crippen molar-refractivity contribution in [2.24, 2.45) is 0 Å². The van der Waals surface area contributed by atoms with E-state index >= 15 is 0 Å². The van der Waals surface area contributed by atoms with Crippen LogP contribution in [0, 0.1) is 34.1 Å². The van der Waals surface area contributed by atoms with E-state index in [1.807, 2.05) is 6.92 Å². The van der Waals surface area contributed by atoms with Crippen LogP contribution in [0.25, 0.3) is 0 Å². The highest BCUT2D eigenvalue weighted by Gasteiger charge is 2.28. The Morgan fingerprint density at radius 1 is 1.15 bits per heavy atom. The van der Waals surface area contributed by atoms with Crippen LogP contribution >= 0.6 is 0 Å². The molecule has 1 rings (SSSR count). The molecule has 20 heavy (non-hydrogen) atoms. The zero-order valence-corrected chi connectivity index (χ0v) is 11.9. The van der Waals surface area contributed by atoms with Crippen LogP contribution in [0.15, 0.2) is 6.07 Å². The Labute approximate surface area is 117 Å². The highest BCUT2D eigenvalue weighted by molar-refractivity contribution is 5.77. The molecule has 0 aliphatic heterocycles. The average molecular weight is 281 g/mol. The van der Waals surface area contributed by atoms with Crippen LogP contribution in [0.3, 0.4) is 0 Å². The third kappa shape index (κ3) is 3.43. The lowest BCUT2D eigenvalue weighted by molar-refractivity contribution is -0.392. The molecule has 0 fully saturated rings. The highest BCUT2D eigenvalue weighted by atomic mass is 16.6. The van der Waals surface area contributed by atoms with E-state index < -0.39 is 9.85 Å². The largest absolute Gasteiger partial charge is 0.374 e. The minimum absolute atomic E-state index is 0.0132. The summed E-state index contributed by atoms with van der Waals surface area (Å²) < 4.78 is 0. The SMILES string of the molecule is CCCCCNc1c([N+](=O)[O-])cc(C)c(C)c1[N+](=O)[O-]. The molecule has 0 aliphatic rings. The van der Waals surface area contributed by atoms with Crippen LogP contribution in [-0.2, 0) is 0 Å². The summed E-state index contributed by atoms with van der Waals surface area (Å²) >= 11 is 0. The first kappa shape index (κ1) is 15.9. The van der Waals surface area contributed by atoms with Crippen molar-refractivity contribution in [3.05, 3.63) is 37.4 Å². The van der Waals surface area contributed by atoms with Crippen LogP contribution in [0.2, 0.25) is 0 Å². The quantitative estimate of drug-likeness (QED) is 0.466. The fraction of sp³-hybridized carbons (Fsp3) is 0.538. The van der Waals surface area contributed by atoms with Crippen LogP contribution in [0.5, 0.6) is 0 Å². The molecule has 0 spiro atoms. The Hall–Kier alpha value is -2.18. The van der Waals surface area contributed by atoms with Gasteiger partial charge in [-0.1, -0.05) is 19.8 Å². The number of anilines is 1. The van der Waals surface area contributed by atoms with E-state index in [1.54, 1.807) is 13.8 Å². The predicted molar refractivity (Wildman–Crippen MR) is 77.2 cm³/mol. The maximum atomic E-state index is 11.2. The van der Waals surface area contributed by atoms with Gasteiger partial charge in [0.2, 0.25) is 0 Å². The Morgan fingerprint density at radius 2 is 1.80 bits per heavy atom. The molecule has 1 aromatic carbocycles. The zero-order valence-electron chi connectivity index (χ0n) is 11.9. The van der Waals surface area contributed by atoms with E-state index in [-0.39, 0.29) is 17.1 Å².